The van der Waals surface area contributed by atoms with Crippen LogP contribution in [0.1, 0.15) is 36.0 Å². The standard InChI is InChI=1S/C20H18ClF2NO3S/c21-15-10-13(4-8-16(15)22)24-19(25)12-3-7-17(23)18(9-12)28-14-5-1-11(2-6-14)20(26)27/h3-4,7-11,14H,1-2,5-6H2,(H,24,25)(H,26,27). The summed E-state index contributed by atoms with van der Waals surface area (Å²) in [5.41, 5.74) is 0.602. The molecule has 0 heterocycles. The zero-order valence-electron chi connectivity index (χ0n) is 14.8. The van der Waals surface area contributed by atoms with Crippen molar-refractivity contribution in [3.05, 3.63) is 58.6 Å². The molecule has 2 aromatic carbocycles. The van der Waals surface area contributed by atoms with E-state index in [-0.39, 0.29) is 21.8 Å². The third-order valence-electron chi connectivity index (χ3n) is 4.69. The Morgan fingerprint density at radius 2 is 1.71 bits per heavy atom. The third kappa shape index (κ3) is 5.02. The van der Waals surface area contributed by atoms with Crippen LogP contribution in [0.3, 0.4) is 0 Å². The minimum absolute atomic E-state index is 0.106. The number of benzene rings is 2. The van der Waals surface area contributed by atoms with Crippen molar-refractivity contribution in [1.82, 2.24) is 0 Å². The zero-order chi connectivity index (χ0) is 20.3. The first-order valence-corrected chi connectivity index (χ1v) is 10.0. The fourth-order valence-corrected chi connectivity index (χ4v) is 4.54. The number of nitrogens with one attached hydrogen (secondary N) is 1. The molecule has 28 heavy (non-hydrogen) atoms. The van der Waals surface area contributed by atoms with Gasteiger partial charge in [-0.3, -0.25) is 9.59 Å². The highest BCUT2D eigenvalue weighted by Gasteiger charge is 2.27. The van der Waals surface area contributed by atoms with E-state index in [1.54, 1.807) is 0 Å². The third-order valence-corrected chi connectivity index (χ3v) is 6.35. The molecule has 1 saturated carbocycles. The summed E-state index contributed by atoms with van der Waals surface area (Å²) in [5.74, 6) is -2.58. The Hall–Kier alpha value is -2.12. The van der Waals surface area contributed by atoms with E-state index in [2.05, 4.69) is 5.32 Å². The Morgan fingerprint density at radius 3 is 2.36 bits per heavy atom. The van der Waals surface area contributed by atoms with Crippen molar-refractivity contribution in [3.63, 3.8) is 0 Å². The van der Waals surface area contributed by atoms with E-state index in [1.807, 2.05) is 0 Å². The van der Waals surface area contributed by atoms with Gasteiger partial charge in [0.05, 0.1) is 10.9 Å². The molecule has 3 rings (SSSR count). The Kier molecular flexibility index (Phi) is 6.57. The molecule has 0 unspecified atom stereocenters. The maximum Gasteiger partial charge on any atom is 0.306 e. The van der Waals surface area contributed by atoms with Crippen LogP contribution in [0.2, 0.25) is 5.02 Å². The minimum atomic E-state index is -0.783. The van der Waals surface area contributed by atoms with Crippen LogP contribution < -0.4 is 5.32 Å². The number of amides is 1. The van der Waals surface area contributed by atoms with Gasteiger partial charge in [0.25, 0.3) is 5.91 Å². The highest BCUT2D eigenvalue weighted by molar-refractivity contribution is 8.00. The van der Waals surface area contributed by atoms with Crippen LogP contribution in [0.5, 0.6) is 0 Å². The highest BCUT2D eigenvalue weighted by Crippen LogP contribution is 2.37. The van der Waals surface area contributed by atoms with Crippen molar-refractivity contribution >= 4 is 40.9 Å². The number of carboxylic acids is 1. The normalized spacial score (nSPS) is 19.2. The van der Waals surface area contributed by atoms with Crippen LogP contribution in [0.4, 0.5) is 14.5 Å². The summed E-state index contributed by atoms with van der Waals surface area (Å²) in [7, 11) is 0. The number of carboxylic acid groups (broad SMARTS) is 1. The lowest BCUT2D eigenvalue weighted by atomic mass is 9.89. The van der Waals surface area contributed by atoms with Crippen LogP contribution >= 0.6 is 23.4 Å². The molecule has 1 aliphatic rings. The predicted molar refractivity (Wildman–Crippen MR) is 105 cm³/mol. The van der Waals surface area contributed by atoms with Crippen LogP contribution in [-0.2, 0) is 4.79 Å². The van der Waals surface area contributed by atoms with Crippen molar-refractivity contribution in [1.29, 1.82) is 0 Å². The van der Waals surface area contributed by atoms with Crippen LogP contribution in [-0.4, -0.2) is 22.2 Å². The summed E-state index contributed by atoms with van der Waals surface area (Å²) in [5, 5.41) is 11.7. The average Bonchev–Trinajstić information content (AvgIpc) is 2.67. The first-order valence-electron chi connectivity index (χ1n) is 8.79. The van der Waals surface area contributed by atoms with Crippen LogP contribution in [0.15, 0.2) is 41.3 Å². The second-order valence-electron chi connectivity index (χ2n) is 6.66. The Bertz CT molecular complexity index is 901. The quantitative estimate of drug-likeness (QED) is 0.653. The van der Waals surface area contributed by atoms with Gasteiger partial charge in [0.15, 0.2) is 0 Å². The van der Waals surface area contributed by atoms with Crippen molar-refractivity contribution in [2.24, 2.45) is 5.92 Å². The topological polar surface area (TPSA) is 66.4 Å². The summed E-state index contributed by atoms with van der Waals surface area (Å²) >= 11 is 7.04. The van der Waals surface area contributed by atoms with Crippen LogP contribution in [0, 0.1) is 17.6 Å². The Labute approximate surface area is 170 Å². The number of halogens is 3. The van der Waals surface area contributed by atoms with Gasteiger partial charge in [0, 0.05) is 21.4 Å². The summed E-state index contributed by atoms with van der Waals surface area (Å²) in [6.07, 6.45) is 2.51. The van der Waals surface area contributed by atoms with Gasteiger partial charge in [-0.1, -0.05) is 11.6 Å². The number of hydrogen-bond acceptors (Lipinski definition) is 3. The van der Waals surface area contributed by atoms with Crippen molar-refractivity contribution in [2.75, 3.05) is 5.32 Å². The number of hydrogen-bond donors (Lipinski definition) is 2. The summed E-state index contributed by atoms with van der Waals surface area (Å²) in [6.45, 7) is 0. The molecule has 0 bridgehead atoms. The molecule has 8 heteroatoms. The lowest BCUT2D eigenvalue weighted by Crippen LogP contribution is -2.22. The fourth-order valence-electron chi connectivity index (χ4n) is 3.12. The van der Waals surface area contributed by atoms with Gasteiger partial charge >= 0.3 is 5.97 Å². The lowest BCUT2D eigenvalue weighted by Gasteiger charge is -2.25. The fraction of sp³-hybridized carbons (Fsp3) is 0.300. The van der Waals surface area contributed by atoms with Gasteiger partial charge in [-0.05, 0) is 62.1 Å². The molecule has 0 atom stereocenters. The molecule has 1 fully saturated rings. The van der Waals surface area contributed by atoms with Gasteiger partial charge in [-0.25, -0.2) is 8.78 Å². The molecule has 4 nitrogen and oxygen atoms in total. The monoisotopic (exact) mass is 425 g/mol. The van der Waals surface area contributed by atoms with Crippen molar-refractivity contribution in [3.8, 4) is 0 Å². The second kappa shape index (κ2) is 8.92. The molecule has 1 aliphatic carbocycles. The SMILES string of the molecule is O=C(Nc1ccc(F)c(Cl)c1)c1ccc(F)c(SC2CCC(C(=O)O)CC2)c1. The van der Waals surface area contributed by atoms with Gasteiger partial charge in [0.1, 0.15) is 11.6 Å². The van der Waals surface area contributed by atoms with E-state index in [9.17, 15) is 18.4 Å². The highest BCUT2D eigenvalue weighted by atomic mass is 35.5. The molecule has 0 spiro atoms. The van der Waals surface area contributed by atoms with Crippen LogP contribution in [0.25, 0.3) is 0 Å². The number of carbonyl (C=O) groups excluding carboxylic acids is 1. The molecule has 0 radical (unpaired) electrons. The number of carbonyl (C=O) groups is 2. The largest absolute Gasteiger partial charge is 0.481 e. The van der Waals surface area contributed by atoms with Crippen molar-refractivity contribution in [2.45, 2.75) is 35.8 Å². The molecular weight excluding hydrogens is 408 g/mol. The first-order chi connectivity index (χ1) is 13.3. The molecule has 2 N–H and O–H groups in total. The predicted octanol–water partition coefficient (Wildman–Crippen LogP) is 5.61. The zero-order valence-corrected chi connectivity index (χ0v) is 16.3. The molecule has 148 valence electrons. The van der Waals surface area contributed by atoms with E-state index < -0.39 is 23.5 Å². The number of thioether (sulfide) groups is 1. The summed E-state index contributed by atoms with van der Waals surface area (Å²) < 4.78 is 27.4. The second-order valence-corrected chi connectivity index (χ2v) is 8.41. The molecular formula is C20H18ClF2NO3S. The molecule has 0 aromatic heterocycles. The molecule has 0 aliphatic heterocycles. The maximum absolute atomic E-state index is 14.2. The number of aliphatic carboxylic acids is 1. The number of rotatable bonds is 5. The van der Waals surface area contributed by atoms with E-state index in [4.69, 9.17) is 16.7 Å². The van der Waals surface area contributed by atoms with E-state index >= 15 is 0 Å². The van der Waals surface area contributed by atoms with Gasteiger partial charge in [-0.15, -0.1) is 11.8 Å². The lowest BCUT2D eigenvalue weighted by molar-refractivity contribution is -0.142. The number of anilines is 1. The smallest absolute Gasteiger partial charge is 0.306 e. The van der Waals surface area contributed by atoms with Gasteiger partial charge in [-0.2, -0.15) is 0 Å². The minimum Gasteiger partial charge on any atom is -0.481 e. The molecule has 0 saturated heterocycles. The Morgan fingerprint density at radius 1 is 1.04 bits per heavy atom. The van der Waals surface area contributed by atoms with Gasteiger partial charge < -0.3 is 10.4 Å². The first kappa shape index (κ1) is 20.6. The van der Waals surface area contributed by atoms with Gasteiger partial charge in [0.2, 0.25) is 0 Å². The Balaban J connectivity index is 1.68. The summed E-state index contributed by atoms with van der Waals surface area (Å²) in [4.78, 5) is 23.8. The van der Waals surface area contributed by atoms with E-state index in [0.717, 1.165) is 6.07 Å². The summed E-state index contributed by atoms with van der Waals surface area (Å²) in [6, 6.07) is 7.92. The molecule has 2 aromatic rings. The van der Waals surface area contributed by atoms with E-state index in [1.165, 1.54) is 42.1 Å². The molecule has 1 amide bonds. The van der Waals surface area contributed by atoms with Crippen molar-refractivity contribution < 1.29 is 23.5 Å². The van der Waals surface area contributed by atoms with E-state index in [0.29, 0.717) is 36.3 Å². The maximum atomic E-state index is 14.2. The average molecular weight is 426 g/mol.